The zero-order chi connectivity index (χ0) is 21.3. The molecule has 3 rings (SSSR count). The highest BCUT2D eigenvalue weighted by Crippen LogP contribution is 2.34. The lowest BCUT2D eigenvalue weighted by Gasteiger charge is -2.37. The number of aromatic nitrogens is 1. The summed E-state index contributed by atoms with van der Waals surface area (Å²) < 4.78 is 42.6. The summed E-state index contributed by atoms with van der Waals surface area (Å²) in [6.45, 7) is 0.0259. The number of anilines is 1. The molecule has 3 heterocycles. The number of carbonyl (C=O) groups is 3. The van der Waals surface area contributed by atoms with Gasteiger partial charge in [-0.05, 0) is 6.07 Å². The van der Waals surface area contributed by atoms with Crippen molar-refractivity contribution in [2.24, 2.45) is 0 Å². The largest absolute Gasteiger partial charge is 0.467 e. The molecule has 2 aliphatic heterocycles. The van der Waals surface area contributed by atoms with Crippen molar-refractivity contribution in [2.45, 2.75) is 17.6 Å². The molecule has 2 aliphatic rings. The smallest absolute Gasteiger partial charge is 0.417 e. The minimum atomic E-state index is -4.55. The molecule has 0 saturated carbocycles. The Morgan fingerprint density at radius 3 is 2.79 bits per heavy atom. The number of nitrogens with zero attached hydrogens (tertiary/aromatic N) is 3. The van der Waals surface area contributed by atoms with E-state index in [1.165, 1.54) is 16.9 Å². The number of hydrogen-bond donors (Lipinski definition) is 1. The fourth-order valence-electron chi connectivity index (χ4n) is 3.04. The van der Waals surface area contributed by atoms with E-state index >= 15 is 0 Å². The second-order valence-corrected chi connectivity index (χ2v) is 7.78. The maximum atomic E-state index is 12.7. The quantitative estimate of drug-likeness (QED) is 0.676. The lowest BCUT2D eigenvalue weighted by atomic mass is 10.1. The number of carbonyl (C=O) groups excluding carboxylic acids is 3. The number of methoxy groups -OCH3 is 1. The molecule has 8 nitrogen and oxygen atoms in total. The summed E-state index contributed by atoms with van der Waals surface area (Å²) >= 11 is 6.99. The van der Waals surface area contributed by atoms with Gasteiger partial charge in [-0.2, -0.15) is 13.2 Å². The highest BCUT2D eigenvalue weighted by Gasteiger charge is 2.50. The van der Waals surface area contributed by atoms with Crippen molar-refractivity contribution in [3.8, 4) is 0 Å². The Bertz CT molecular complexity index is 841. The average Bonchev–Trinajstić information content (AvgIpc) is 3.11. The van der Waals surface area contributed by atoms with Crippen LogP contribution in [0, 0.1) is 0 Å². The molecule has 1 aromatic rings. The van der Waals surface area contributed by atoms with Gasteiger partial charge in [0.1, 0.15) is 11.9 Å². The Hall–Kier alpha value is -2.21. The molecule has 29 heavy (non-hydrogen) atoms. The first-order valence-electron chi connectivity index (χ1n) is 8.39. The third-order valence-electron chi connectivity index (χ3n) is 4.46. The number of nitrogens with one attached hydrogen (secondary N) is 1. The third kappa shape index (κ3) is 4.37. The van der Waals surface area contributed by atoms with Gasteiger partial charge >= 0.3 is 12.1 Å². The van der Waals surface area contributed by atoms with E-state index in [4.69, 9.17) is 11.6 Å². The number of halogens is 4. The van der Waals surface area contributed by atoms with Crippen LogP contribution in [-0.4, -0.2) is 76.5 Å². The molecule has 2 amide bonds. The van der Waals surface area contributed by atoms with Gasteiger partial charge in [-0.25, -0.2) is 9.78 Å². The lowest BCUT2D eigenvalue weighted by molar-refractivity contribution is -0.159. The first kappa shape index (κ1) is 21.5. The van der Waals surface area contributed by atoms with E-state index in [2.05, 4.69) is 15.0 Å². The van der Waals surface area contributed by atoms with Crippen LogP contribution in [0.2, 0.25) is 5.02 Å². The fourth-order valence-corrected chi connectivity index (χ4v) is 4.60. The summed E-state index contributed by atoms with van der Waals surface area (Å²) in [6.07, 6.45) is -3.90. The fraction of sp³-hybridized carbons (Fsp3) is 0.500. The first-order valence-corrected chi connectivity index (χ1v) is 9.82. The van der Waals surface area contributed by atoms with Crippen LogP contribution in [0.5, 0.6) is 0 Å². The van der Waals surface area contributed by atoms with Crippen LogP contribution in [0.4, 0.5) is 19.0 Å². The highest BCUT2D eigenvalue weighted by molar-refractivity contribution is 8.00. The molecule has 0 aliphatic carbocycles. The highest BCUT2D eigenvalue weighted by atomic mass is 35.5. The summed E-state index contributed by atoms with van der Waals surface area (Å²) in [5, 5.41) is 1.72. The van der Waals surface area contributed by atoms with E-state index in [1.54, 1.807) is 0 Å². The van der Waals surface area contributed by atoms with Crippen molar-refractivity contribution in [3.05, 3.63) is 22.8 Å². The van der Waals surface area contributed by atoms with Gasteiger partial charge < -0.3 is 19.9 Å². The van der Waals surface area contributed by atoms with E-state index in [0.717, 1.165) is 17.8 Å². The molecule has 158 valence electrons. The topological polar surface area (TPSA) is 91.8 Å². The number of amides is 2. The van der Waals surface area contributed by atoms with Crippen molar-refractivity contribution < 1.29 is 32.3 Å². The van der Waals surface area contributed by atoms with Crippen molar-refractivity contribution in [2.75, 3.05) is 37.8 Å². The second kappa shape index (κ2) is 8.27. The third-order valence-corrected chi connectivity index (χ3v) is 5.99. The maximum Gasteiger partial charge on any atom is 0.417 e. The Morgan fingerprint density at radius 2 is 2.17 bits per heavy atom. The molecule has 1 aromatic heterocycles. The molecular weight excluding hydrogens is 437 g/mol. The van der Waals surface area contributed by atoms with Gasteiger partial charge in [0.15, 0.2) is 5.37 Å². The molecule has 2 unspecified atom stereocenters. The molecule has 0 radical (unpaired) electrons. The molecule has 0 aromatic carbocycles. The number of hydrogen-bond acceptors (Lipinski definition) is 7. The van der Waals surface area contributed by atoms with Crippen LogP contribution < -0.4 is 5.32 Å². The van der Waals surface area contributed by atoms with Gasteiger partial charge in [-0.1, -0.05) is 11.6 Å². The van der Waals surface area contributed by atoms with E-state index in [-0.39, 0.29) is 48.0 Å². The monoisotopic (exact) mass is 452 g/mol. The summed E-state index contributed by atoms with van der Waals surface area (Å²) in [5.41, 5.74) is -0.969. The molecule has 2 atom stereocenters. The number of thioether (sulfide) groups is 1. The SMILES string of the molecule is COC(=O)C1SCC2C(=O)N(CCNc3ncc(C(F)(F)F)cc3Cl)CC(=O)N21. The minimum Gasteiger partial charge on any atom is -0.467 e. The lowest BCUT2D eigenvalue weighted by Crippen LogP contribution is -2.61. The number of ether oxygens (including phenoxy) is 1. The van der Waals surface area contributed by atoms with Crippen molar-refractivity contribution in [3.63, 3.8) is 0 Å². The van der Waals surface area contributed by atoms with Gasteiger partial charge in [0.05, 0.1) is 24.2 Å². The Balaban J connectivity index is 1.59. The summed E-state index contributed by atoms with van der Waals surface area (Å²) in [5.74, 6) is -0.950. The normalized spacial score (nSPS) is 22.0. The summed E-state index contributed by atoms with van der Waals surface area (Å²) in [7, 11) is 1.21. The van der Waals surface area contributed by atoms with Gasteiger partial charge in [-0.3, -0.25) is 9.59 Å². The van der Waals surface area contributed by atoms with Crippen molar-refractivity contribution in [1.29, 1.82) is 0 Å². The van der Waals surface area contributed by atoms with Crippen LogP contribution in [0.1, 0.15) is 5.56 Å². The predicted molar refractivity (Wildman–Crippen MR) is 98.2 cm³/mol. The predicted octanol–water partition coefficient (Wildman–Crippen LogP) is 1.45. The standard InChI is InChI=1S/C16H16ClF3N4O4S/c1-28-15(27)14-24-10(7-29-14)13(26)23(6-11(24)25)3-2-21-12-9(17)4-8(5-22-12)16(18,19)20/h4-5,10,14H,2-3,6-7H2,1H3,(H,21,22). The van der Waals surface area contributed by atoms with E-state index in [1.807, 2.05) is 0 Å². The molecule has 0 bridgehead atoms. The Morgan fingerprint density at radius 1 is 1.45 bits per heavy atom. The van der Waals surface area contributed by atoms with E-state index < -0.39 is 29.1 Å². The number of fused-ring (bicyclic) bond motifs is 1. The molecule has 13 heteroatoms. The molecule has 2 fully saturated rings. The van der Waals surface area contributed by atoms with Crippen LogP contribution in [-0.2, 0) is 25.3 Å². The van der Waals surface area contributed by atoms with Crippen LogP contribution in [0.3, 0.4) is 0 Å². The number of esters is 1. The molecule has 1 N–H and O–H groups in total. The summed E-state index contributed by atoms with van der Waals surface area (Å²) in [4.78, 5) is 43.1. The van der Waals surface area contributed by atoms with Gasteiger partial charge in [0, 0.05) is 25.0 Å². The van der Waals surface area contributed by atoms with Gasteiger partial charge in [0.25, 0.3) is 0 Å². The Kier molecular flexibility index (Phi) is 6.13. The summed E-state index contributed by atoms with van der Waals surface area (Å²) in [6, 6.07) is 0.00526. The van der Waals surface area contributed by atoms with Crippen molar-refractivity contribution in [1.82, 2.24) is 14.8 Å². The zero-order valence-electron chi connectivity index (χ0n) is 15.0. The molecule has 2 saturated heterocycles. The van der Waals surface area contributed by atoms with Crippen molar-refractivity contribution >= 4 is 47.0 Å². The number of rotatable bonds is 5. The van der Waals surface area contributed by atoms with Gasteiger partial charge in [0.2, 0.25) is 11.8 Å². The minimum absolute atomic E-state index is 0.0410. The average molecular weight is 453 g/mol. The number of pyridine rings is 1. The van der Waals surface area contributed by atoms with Crippen LogP contribution >= 0.6 is 23.4 Å². The van der Waals surface area contributed by atoms with Crippen LogP contribution in [0.15, 0.2) is 12.3 Å². The number of piperazine rings is 1. The molecule has 0 spiro atoms. The van der Waals surface area contributed by atoms with Crippen LogP contribution in [0.25, 0.3) is 0 Å². The van der Waals surface area contributed by atoms with E-state index in [0.29, 0.717) is 6.20 Å². The Labute approximate surface area is 172 Å². The van der Waals surface area contributed by atoms with E-state index in [9.17, 15) is 27.6 Å². The second-order valence-electron chi connectivity index (χ2n) is 6.26. The molecular formula is C16H16ClF3N4O4S. The number of alkyl halides is 3. The zero-order valence-corrected chi connectivity index (χ0v) is 16.6. The van der Waals surface area contributed by atoms with Gasteiger partial charge in [-0.15, -0.1) is 11.8 Å². The first-order chi connectivity index (χ1) is 13.6. The maximum absolute atomic E-state index is 12.7.